The number of fused-ring (bicyclic) bond motifs is 1. The van der Waals surface area contributed by atoms with Crippen LogP contribution in [0.2, 0.25) is 0 Å². The summed E-state index contributed by atoms with van der Waals surface area (Å²) < 4.78 is 0. The molecule has 0 spiro atoms. The Bertz CT molecular complexity index is 595. The number of hydrogen-bond acceptors (Lipinski definition) is 4. The number of thiophene rings is 1. The topological polar surface area (TPSA) is 54.9 Å². The first-order valence-electron chi connectivity index (χ1n) is 6.41. The molecule has 19 heavy (non-hydrogen) atoms. The zero-order valence-electron chi connectivity index (χ0n) is 10.7. The molecule has 0 aliphatic heterocycles. The predicted octanol–water partition coefficient (Wildman–Crippen LogP) is 2.65. The van der Waals surface area contributed by atoms with E-state index in [4.69, 9.17) is 0 Å². The molecule has 2 aromatic heterocycles. The summed E-state index contributed by atoms with van der Waals surface area (Å²) >= 11 is 1.46. The number of aryl methyl sites for hydroxylation is 2. The van der Waals surface area contributed by atoms with Crippen LogP contribution in [0.1, 0.15) is 45.6 Å². The van der Waals surface area contributed by atoms with Gasteiger partial charge in [0, 0.05) is 17.5 Å². The van der Waals surface area contributed by atoms with Crippen molar-refractivity contribution in [2.75, 3.05) is 0 Å². The van der Waals surface area contributed by atoms with Crippen molar-refractivity contribution >= 4 is 17.2 Å². The van der Waals surface area contributed by atoms with Crippen molar-refractivity contribution < 1.29 is 4.79 Å². The van der Waals surface area contributed by atoms with E-state index in [0.29, 0.717) is 0 Å². The molecule has 1 N–H and O–H groups in total. The van der Waals surface area contributed by atoms with Crippen LogP contribution in [0.15, 0.2) is 23.7 Å². The maximum absolute atomic E-state index is 12.1. The normalized spacial score (nSPS) is 17.8. The van der Waals surface area contributed by atoms with Crippen LogP contribution >= 0.6 is 11.3 Å². The van der Waals surface area contributed by atoms with Gasteiger partial charge in [-0.2, -0.15) is 0 Å². The molecule has 0 fully saturated rings. The number of nitrogens with zero attached hydrogens (tertiary/aromatic N) is 2. The monoisotopic (exact) mass is 273 g/mol. The van der Waals surface area contributed by atoms with Gasteiger partial charge in [-0.25, -0.2) is 9.97 Å². The predicted molar refractivity (Wildman–Crippen MR) is 74.2 cm³/mol. The van der Waals surface area contributed by atoms with Gasteiger partial charge < -0.3 is 5.32 Å². The first-order valence-corrected chi connectivity index (χ1v) is 7.29. The second-order valence-electron chi connectivity index (χ2n) is 4.71. The Morgan fingerprint density at radius 1 is 1.53 bits per heavy atom. The quantitative estimate of drug-likeness (QED) is 0.915. The summed E-state index contributed by atoms with van der Waals surface area (Å²) in [4.78, 5) is 21.6. The highest BCUT2D eigenvalue weighted by Crippen LogP contribution is 2.28. The third-order valence-corrected chi connectivity index (χ3v) is 4.22. The van der Waals surface area contributed by atoms with Gasteiger partial charge in [0.05, 0.1) is 10.9 Å². The fourth-order valence-corrected chi connectivity index (χ4v) is 3.06. The van der Waals surface area contributed by atoms with Crippen molar-refractivity contribution in [3.05, 3.63) is 45.7 Å². The van der Waals surface area contributed by atoms with Crippen molar-refractivity contribution in [3.63, 3.8) is 0 Å². The van der Waals surface area contributed by atoms with Crippen LogP contribution in [0.3, 0.4) is 0 Å². The number of nitrogens with one attached hydrogen (secondary N) is 1. The lowest BCUT2D eigenvalue weighted by molar-refractivity contribution is 0.0936. The van der Waals surface area contributed by atoms with E-state index in [-0.39, 0.29) is 11.9 Å². The first kappa shape index (κ1) is 12.3. The molecule has 1 atom stereocenters. The average molecular weight is 273 g/mol. The molecule has 0 radical (unpaired) electrons. The van der Waals surface area contributed by atoms with Crippen LogP contribution in [-0.2, 0) is 6.42 Å². The summed E-state index contributed by atoms with van der Waals surface area (Å²) in [6.07, 6.45) is 4.84. The summed E-state index contributed by atoms with van der Waals surface area (Å²) in [6.45, 7) is 1.90. The van der Waals surface area contributed by atoms with E-state index in [1.54, 1.807) is 0 Å². The van der Waals surface area contributed by atoms with Crippen LogP contribution in [0.25, 0.3) is 0 Å². The van der Waals surface area contributed by atoms with Gasteiger partial charge in [-0.1, -0.05) is 6.07 Å². The van der Waals surface area contributed by atoms with Gasteiger partial charge in [0.1, 0.15) is 5.82 Å². The lowest BCUT2D eigenvalue weighted by Crippen LogP contribution is -2.31. The van der Waals surface area contributed by atoms with Gasteiger partial charge in [-0.15, -0.1) is 11.3 Å². The molecule has 0 saturated carbocycles. The number of amides is 1. The third-order valence-electron chi connectivity index (χ3n) is 3.35. The largest absolute Gasteiger partial charge is 0.344 e. The number of rotatable bonds is 2. The Morgan fingerprint density at radius 3 is 3.21 bits per heavy atom. The van der Waals surface area contributed by atoms with Crippen molar-refractivity contribution in [1.82, 2.24) is 15.3 Å². The molecule has 2 aromatic rings. The van der Waals surface area contributed by atoms with Crippen molar-refractivity contribution in [2.45, 2.75) is 32.2 Å². The second-order valence-corrected chi connectivity index (χ2v) is 5.66. The maximum atomic E-state index is 12.1. The van der Waals surface area contributed by atoms with Crippen LogP contribution < -0.4 is 5.32 Å². The standard InChI is InChI=1S/C14H15N3OS/c1-9-15-8-10-11(16-9)4-2-5-12(10)17-14(18)13-6-3-7-19-13/h3,6-8,12H,2,4-5H2,1H3,(H,17,18)/t12-/m1/s1. The molecule has 2 heterocycles. The highest BCUT2D eigenvalue weighted by Gasteiger charge is 2.23. The minimum atomic E-state index is -0.00609. The van der Waals surface area contributed by atoms with Crippen LogP contribution in [0.5, 0.6) is 0 Å². The van der Waals surface area contributed by atoms with Gasteiger partial charge in [0.2, 0.25) is 0 Å². The van der Waals surface area contributed by atoms with Crippen LogP contribution in [0.4, 0.5) is 0 Å². The van der Waals surface area contributed by atoms with E-state index in [1.165, 1.54) is 11.3 Å². The van der Waals surface area contributed by atoms with Gasteiger partial charge in [0.25, 0.3) is 5.91 Å². The highest BCUT2D eigenvalue weighted by atomic mass is 32.1. The summed E-state index contributed by atoms with van der Waals surface area (Å²) in [5.74, 6) is 0.789. The second kappa shape index (κ2) is 5.09. The molecule has 5 heteroatoms. The fourth-order valence-electron chi connectivity index (χ4n) is 2.43. The van der Waals surface area contributed by atoms with E-state index in [1.807, 2.05) is 30.6 Å². The molecular weight excluding hydrogens is 258 g/mol. The van der Waals surface area contributed by atoms with Gasteiger partial charge >= 0.3 is 0 Å². The number of hydrogen-bond donors (Lipinski definition) is 1. The lowest BCUT2D eigenvalue weighted by atomic mass is 9.92. The van der Waals surface area contributed by atoms with Gasteiger partial charge in [-0.05, 0) is 37.6 Å². The van der Waals surface area contributed by atoms with E-state index >= 15 is 0 Å². The number of carbonyl (C=O) groups is 1. The summed E-state index contributed by atoms with van der Waals surface area (Å²) in [6, 6.07) is 3.77. The lowest BCUT2D eigenvalue weighted by Gasteiger charge is -2.25. The van der Waals surface area contributed by atoms with E-state index in [2.05, 4.69) is 15.3 Å². The van der Waals surface area contributed by atoms with Crippen molar-refractivity contribution in [1.29, 1.82) is 0 Å². The van der Waals surface area contributed by atoms with Gasteiger partial charge in [-0.3, -0.25) is 4.79 Å². The number of aromatic nitrogens is 2. The Kier molecular flexibility index (Phi) is 3.29. The first-order chi connectivity index (χ1) is 9.24. The zero-order valence-corrected chi connectivity index (χ0v) is 11.5. The average Bonchev–Trinajstić information content (AvgIpc) is 2.92. The molecule has 1 aliphatic rings. The summed E-state index contributed by atoms with van der Waals surface area (Å²) in [7, 11) is 0. The minimum absolute atomic E-state index is 0.00609. The van der Waals surface area contributed by atoms with Crippen molar-refractivity contribution in [2.24, 2.45) is 0 Å². The molecule has 4 nitrogen and oxygen atoms in total. The molecule has 0 aromatic carbocycles. The molecule has 0 saturated heterocycles. The summed E-state index contributed by atoms with van der Waals surface area (Å²) in [5, 5.41) is 5.00. The number of carbonyl (C=O) groups excluding carboxylic acids is 1. The molecule has 0 bridgehead atoms. The van der Waals surface area contributed by atoms with E-state index in [9.17, 15) is 4.79 Å². The van der Waals surface area contributed by atoms with Crippen LogP contribution in [-0.4, -0.2) is 15.9 Å². The molecular formula is C14H15N3OS. The van der Waals surface area contributed by atoms with Crippen LogP contribution in [0, 0.1) is 6.92 Å². The Hall–Kier alpha value is -1.75. The highest BCUT2D eigenvalue weighted by molar-refractivity contribution is 7.12. The molecule has 1 aliphatic carbocycles. The van der Waals surface area contributed by atoms with Gasteiger partial charge in [0.15, 0.2) is 0 Å². The molecule has 3 rings (SSSR count). The third kappa shape index (κ3) is 2.51. The fraction of sp³-hybridized carbons (Fsp3) is 0.357. The Balaban J connectivity index is 1.82. The van der Waals surface area contributed by atoms with Crippen molar-refractivity contribution in [3.8, 4) is 0 Å². The summed E-state index contributed by atoms with van der Waals surface area (Å²) in [5.41, 5.74) is 2.15. The van der Waals surface area contributed by atoms with E-state index < -0.39 is 0 Å². The molecule has 0 unspecified atom stereocenters. The Labute approximate surface area is 115 Å². The SMILES string of the molecule is Cc1ncc2c(n1)CCC[C@H]2NC(=O)c1cccs1. The molecule has 98 valence electrons. The molecule has 1 amide bonds. The minimum Gasteiger partial charge on any atom is -0.344 e. The maximum Gasteiger partial charge on any atom is 0.261 e. The Morgan fingerprint density at radius 2 is 2.42 bits per heavy atom. The smallest absolute Gasteiger partial charge is 0.261 e. The van der Waals surface area contributed by atoms with E-state index in [0.717, 1.165) is 41.2 Å². The zero-order chi connectivity index (χ0) is 13.2.